The fraction of sp³-hybridized carbons (Fsp3) is 0.641. The third-order valence-corrected chi connectivity index (χ3v) is 13.8. The molecule has 4 fully saturated rings. The number of benzene rings is 2. The predicted octanol–water partition coefficient (Wildman–Crippen LogP) is 5.57. The van der Waals surface area contributed by atoms with Crippen molar-refractivity contribution in [3.8, 4) is 5.75 Å². The van der Waals surface area contributed by atoms with Crippen molar-refractivity contribution in [2.24, 2.45) is 11.8 Å². The summed E-state index contributed by atoms with van der Waals surface area (Å²) in [6.07, 6.45) is 1.31. The number of hydrogen-bond acceptors (Lipinski definition) is 10. The Kier molecular flexibility index (Phi) is 14.5. The van der Waals surface area contributed by atoms with Crippen LogP contribution in [0, 0.1) is 11.8 Å². The van der Waals surface area contributed by atoms with Crippen molar-refractivity contribution >= 4 is 37.8 Å². The zero-order chi connectivity index (χ0) is 42.6. The van der Waals surface area contributed by atoms with E-state index in [0.717, 1.165) is 42.9 Å². The molecule has 0 radical (unpaired) electrons. The Morgan fingerprint density at radius 3 is 2.00 bits per heavy atom. The first-order valence-electron chi connectivity index (χ1n) is 19.5. The maximum absolute atomic E-state index is 17.6. The number of carbonyl (C=O) groups excluding carboxylic acids is 2. The van der Waals surface area contributed by atoms with E-state index in [4.69, 9.17) is 18.6 Å². The van der Waals surface area contributed by atoms with Crippen molar-refractivity contribution in [2.75, 3.05) is 69.9 Å². The number of amides is 1. The third-order valence-electron chi connectivity index (χ3n) is 12.1. The van der Waals surface area contributed by atoms with Gasteiger partial charge in [-0.3, -0.25) is 23.6 Å². The number of hydrogen-bond donors (Lipinski definition) is 2. The number of carbonyl (C=O) groups is 2. The van der Waals surface area contributed by atoms with Crippen molar-refractivity contribution in [3.05, 3.63) is 59.2 Å². The molecule has 1 amide bonds. The Labute approximate surface area is 337 Å². The minimum absolute atomic E-state index is 0.0336. The van der Waals surface area contributed by atoms with Crippen molar-refractivity contribution < 1.29 is 62.6 Å². The highest BCUT2D eigenvalue weighted by Gasteiger charge is 2.57. The number of anilines is 1. The molecule has 0 bridgehead atoms. The molecule has 58 heavy (non-hydrogen) atoms. The molecular formula is C39H53F4N3O10S2. The van der Waals surface area contributed by atoms with E-state index in [0.29, 0.717) is 56.9 Å². The van der Waals surface area contributed by atoms with Gasteiger partial charge in [0.15, 0.2) is 0 Å². The summed E-state index contributed by atoms with van der Waals surface area (Å²) in [6.45, 7) is 3.90. The molecule has 0 unspecified atom stereocenters. The van der Waals surface area contributed by atoms with Gasteiger partial charge in [-0.15, -0.1) is 0 Å². The molecule has 3 heterocycles. The highest BCUT2D eigenvalue weighted by Crippen LogP contribution is 2.47. The Hall–Kier alpha value is -3.52. The lowest BCUT2D eigenvalue weighted by Gasteiger charge is -2.35. The van der Waals surface area contributed by atoms with Crippen LogP contribution in [0.2, 0.25) is 0 Å². The van der Waals surface area contributed by atoms with Gasteiger partial charge in [0.25, 0.3) is 26.1 Å². The monoisotopic (exact) mass is 863 g/mol. The van der Waals surface area contributed by atoms with Gasteiger partial charge in [-0.05, 0) is 67.0 Å². The van der Waals surface area contributed by atoms with Gasteiger partial charge < -0.3 is 19.3 Å². The molecule has 0 spiro atoms. The first-order chi connectivity index (χ1) is 27.2. The van der Waals surface area contributed by atoms with E-state index in [-0.39, 0.29) is 42.9 Å². The minimum Gasteiger partial charge on any atom is -0.497 e. The molecule has 6 rings (SSSR count). The van der Waals surface area contributed by atoms with Crippen molar-refractivity contribution in [2.45, 2.75) is 81.6 Å². The van der Waals surface area contributed by atoms with E-state index in [1.165, 1.54) is 13.2 Å². The number of esters is 1. The zero-order valence-electron chi connectivity index (χ0n) is 32.9. The summed E-state index contributed by atoms with van der Waals surface area (Å²) >= 11 is 0. The first kappa shape index (κ1) is 45.6. The van der Waals surface area contributed by atoms with E-state index in [1.54, 1.807) is 30.2 Å². The molecule has 2 N–H and O–H groups in total. The summed E-state index contributed by atoms with van der Waals surface area (Å²) in [5.74, 6) is -3.38. The largest absolute Gasteiger partial charge is 0.497 e. The van der Waals surface area contributed by atoms with E-state index in [9.17, 15) is 39.6 Å². The summed E-state index contributed by atoms with van der Waals surface area (Å²) in [7, 11) is -5.67. The molecule has 1 aliphatic carbocycles. The number of nitrogens with zero attached hydrogens (tertiary/aromatic N) is 3. The van der Waals surface area contributed by atoms with Crippen LogP contribution in [0.5, 0.6) is 5.75 Å². The number of rotatable bonds is 11. The maximum atomic E-state index is 17.6. The molecule has 3 aliphatic heterocycles. The molecule has 13 nitrogen and oxygen atoms in total. The SMILES string of the molecule is CC[C@H]1CN(C(=O)[C@]2(F)CN(C3CCCC3)C[C@H]2c2ccc(OC)cc2)C[C@@H]1c1ccc(C(F)(F)F)cc1N1CCC(C(=O)OC)CC1.O=S(=O)(O)CCS(=O)(=O)O. The second-order valence-electron chi connectivity index (χ2n) is 15.7. The number of likely N-dealkylation sites (tertiary alicyclic amines) is 2. The summed E-state index contributed by atoms with van der Waals surface area (Å²) in [5, 5.41) is 0. The van der Waals surface area contributed by atoms with Gasteiger partial charge in [-0.25, -0.2) is 4.39 Å². The predicted molar refractivity (Wildman–Crippen MR) is 208 cm³/mol. The fourth-order valence-electron chi connectivity index (χ4n) is 8.93. The number of methoxy groups -OCH3 is 2. The van der Waals surface area contributed by atoms with Crippen molar-refractivity contribution in [1.82, 2.24) is 9.80 Å². The molecular weight excluding hydrogens is 811 g/mol. The highest BCUT2D eigenvalue weighted by molar-refractivity contribution is 7.89. The average Bonchev–Trinajstić information content (AvgIpc) is 3.96. The fourth-order valence-corrected chi connectivity index (χ4v) is 10.6. The number of halogens is 4. The minimum atomic E-state index is -4.52. The number of ether oxygens (including phenoxy) is 2. The molecule has 0 aromatic heterocycles. The van der Waals surface area contributed by atoms with Gasteiger partial charge in [-0.2, -0.15) is 30.0 Å². The number of alkyl halides is 4. The summed E-state index contributed by atoms with van der Waals surface area (Å²) in [5.41, 5.74) is -0.900. The zero-order valence-corrected chi connectivity index (χ0v) is 34.5. The molecule has 2 aromatic rings. The maximum Gasteiger partial charge on any atom is 0.416 e. The molecule has 324 valence electrons. The smallest absolute Gasteiger partial charge is 0.416 e. The lowest BCUT2D eigenvalue weighted by Crippen LogP contribution is -2.50. The van der Waals surface area contributed by atoms with Gasteiger partial charge in [0, 0.05) is 62.8 Å². The van der Waals surface area contributed by atoms with Crippen LogP contribution in [0.15, 0.2) is 42.5 Å². The standard InChI is InChI=1S/C37H47F4N3O4.C2H6O6S2/c1-4-24-20-43(35(46)36(38)23-44(28-7-5-6-8-28)22-32(36)25-9-12-29(47-2)13-10-25)21-31(24)30-14-11-27(37(39,40)41)19-33(30)42-17-15-26(16-18-42)34(45)48-3;3-9(4,5)1-2-10(6,7)8/h9-14,19,24,26,28,31-32H,4-8,15-18,20-23H2,1-3H3;1-2H2,(H,3,4,5)(H,6,7,8)/t24-,31-,32-,36-;/m0./s1. The van der Waals surface area contributed by atoms with E-state index in [1.807, 2.05) is 24.0 Å². The molecule has 4 atom stereocenters. The van der Waals surface area contributed by atoms with Crippen LogP contribution in [0.3, 0.4) is 0 Å². The summed E-state index contributed by atoms with van der Waals surface area (Å²) in [4.78, 5) is 32.4. The lowest BCUT2D eigenvalue weighted by atomic mass is 9.84. The second-order valence-corrected chi connectivity index (χ2v) is 18.8. The van der Waals surface area contributed by atoms with E-state index < -0.39 is 61.0 Å². The normalized spacial score (nSPS) is 25.1. The molecule has 1 saturated carbocycles. The van der Waals surface area contributed by atoms with E-state index >= 15 is 4.39 Å². The average molecular weight is 864 g/mol. The van der Waals surface area contributed by atoms with Crippen molar-refractivity contribution in [3.63, 3.8) is 0 Å². The molecule has 19 heteroatoms. The van der Waals surface area contributed by atoms with Crippen LogP contribution in [0.1, 0.15) is 80.4 Å². The van der Waals surface area contributed by atoms with Gasteiger partial charge >= 0.3 is 12.1 Å². The quantitative estimate of drug-likeness (QED) is 0.164. The van der Waals surface area contributed by atoms with E-state index in [2.05, 4.69) is 4.90 Å². The summed E-state index contributed by atoms with van der Waals surface area (Å²) in [6, 6.07) is 11.4. The molecule has 2 aromatic carbocycles. The lowest BCUT2D eigenvalue weighted by molar-refractivity contribution is -0.146. The van der Waals surface area contributed by atoms with Crippen LogP contribution >= 0.6 is 0 Å². The van der Waals surface area contributed by atoms with Crippen LogP contribution < -0.4 is 9.64 Å². The van der Waals surface area contributed by atoms with Crippen LogP contribution in [-0.4, -0.2) is 124 Å². The topological polar surface area (TPSA) is 171 Å². The van der Waals surface area contributed by atoms with Crippen LogP contribution in [0.4, 0.5) is 23.2 Å². The first-order valence-corrected chi connectivity index (χ1v) is 22.7. The second kappa shape index (κ2) is 18.4. The Morgan fingerprint density at radius 2 is 1.48 bits per heavy atom. The van der Waals surface area contributed by atoms with Gasteiger partial charge in [0.1, 0.15) is 5.75 Å². The summed E-state index contributed by atoms with van der Waals surface area (Å²) < 4.78 is 125. The highest BCUT2D eigenvalue weighted by atomic mass is 32.2. The molecule has 4 aliphatic rings. The van der Waals surface area contributed by atoms with Crippen molar-refractivity contribution in [1.29, 1.82) is 0 Å². The van der Waals surface area contributed by atoms with Gasteiger partial charge in [0.2, 0.25) is 5.67 Å². The Morgan fingerprint density at radius 1 is 0.879 bits per heavy atom. The van der Waals surface area contributed by atoms with Gasteiger partial charge in [0.05, 0.1) is 37.2 Å². The Bertz CT molecular complexity index is 1940. The molecule has 3 saturated heterocycles. The van der Waals surface area contributed by atoms with Gasteiger partial charge in [-0.1, -0.05) is 44.4 Å². The third kappa shape index (κ3) is 11.0. The Balaban J connectivity index is 0.000000567. The number of piperidine rings is 1. The van der Waals surface area contributed by atoms with Crippen LogP contribution in [0.25, 0.3) is 0 Å². The van der Waals surface area contributed by atoms with Crippen LogP contribution in [-0.2, 0) is 40.7 Å².